The van der Waals surface area contributed by atoms with Crippen molar-refractivity contribution >= 4 is 0 Å². The SMILES string of the molecule is C=C(C)/C=C\C(=C)Oc1cccc(OCC(CC)CC)c1. The molecule has 21 heavy (non-hydrogen) atoms. The summed E-state index contributed by atoms with van der Waals surface area (Å²) in [5.74, 6) is 2.74. The van der Waals surface area contributed by atoms with Crippen molar-refractivity contribution in [3.8, 4) is 11.5 Å². The summed E-state index contributed by atoms with van der Waals surface area (Å²) in [7, 11) is 0. The Morgan fingerprint density at radius 3 is 2.43 bits per heavy atom. The van der Waals surface area contributed by atoms with Gasteiger partial charge in [0.25, 0.3) is 0 Å². The molecule has 0 aromatic heterocycles. The molecule has 0 amide bonds. The molecule has 2 heteroatoms. The summed E-state index contributed by atoms with van der Waals surface area (Å²) in [5, 5.41) is 0. The average molecular weight is 286 g/mol. The first-order valence-electron chi connectivity index (χ1n) is 7.48. The van der Waals surface area contributed by atoms with Crippen LogP contribution in [0.2, 0.25) is 0 Å². The van der Waals surface area contributed by atoms with Crippen molar-refractivity contribution in [1.82, 2.24) is 0 Å². The van der Waals surface area contributed by atoms with E-state index in [2.05, 4.69) is 27.0 Å². The maximum Gasteiger partial charge on any atom is 0.131 e. The van der Waals surface area contributed by atoms with E-state index in [0.29, 0.717) is 11.7 Å². The van der Waals surface area contributed by atoms with Crippen molar-refractivity contribution in [2.45, 2.75) is 33.6 Å². The van der Waals surface area contributed by atoms with E-state index < -0.39 is 0 Å². The Morgan fingerprint density at radius 1 is 1.14 bits per heavy atom. The quantitative estimate of drug-likeness (QED) is 0.439. The second-order valence-corrected chi connectivity index (χ2v) is 5.22. The van der Waals surface area contributed by atoms with Crippen LogP contribution in [0.3, 0.4) is 0 Å². The van der Waals surface area contributed by atoms with Crippen LogP contribution >= 0.6 is 0 Å². The van der Waals surface area contributed by atoms with Crippen LogP contribution in [-0.2, 0) is 0 Å². The van der Waals surface area contributed by atoms with Gasteiger partial charge in [-0.3, -0.25) is 0 Å². The van der Waals surface area contributed by atoms with Crippen LogP contribution in [0.25, 0.3) is 0 Å². The normalized spacial score (nSPS) is 10.9. The predicted octanol–water partition coefficient (Wildman–Crippen LogP) is 5.53. The summed E-state index contributed by atoms with van der Waals surface area (Å²) >= 11 is 0. The molecule has 114 valence electrons. The summed E-state index contributed by atoms with van der Waals surface area (Å²) in [6.07, 6.45) is 5.94. The van der Waals surface area contributed by atoms with Crippen molar-refractivity contribution in [3.63, 3.8) is 0 Å². The summed E-state index contributed by atoms with van der Waals surface area (Å²) in [5.41, 5.74) is 0.960. The number of benzene rings is 1. The maximum absolute atomic E-state index is 5.83. The summed E-state index contributed by atoms with van der Waals surface area (Å²) in [6, 6.07) is 7.65. The molecule has 0 saturated heterocycles. The number of hydrogen-bond acceptors (Lipinski definition) is 2. The van der Waals surface area contributed by atoms with Crippen LogP contribution in [0.1, 0.15) is 33.6 Å². The third-order valence-electron chi connectivity index (χ3n) is 3.25. The zero-order valence-electron chi connectivity index (χ0n) is 13.4. The molecule has 2 nitrogen and oxygen atoms in total. The highest BCUT2D eigenvalue weighted by Crippen LogP contribution is 2.22. The van der Waals surface area contributed by atoms with E-state index in [4.69, 9.17) is 9.47 Å². The summed E-state index contributed by atoms with van der Waals surface area (Å²) in [4.78, 5) is 0. The van der Waals surface area contributed by atoms with Gasteiger partial charge in [-0.05, 0) is 31.1 Å². The van der Waals surface area contributed by atoms with Gasteiger partial charge in [0.05, 0.1) is 6.61 Å². The molecule has 0 unspecified atom stereocenters. The van der Waals surface area contributed by atoms with Crippen molar-refractivity contribution in [1.29, 1.82) is 0 Å². The Balaban J connectivity index is 2.59. The molecule has 0 atom stereocenters. The molecule has 1 rings (SSSR count). The fourth-order valence-electron chi connectivity index (χ4n) is 1.79. The molecular formula is C19H26O2. The summed E-state index contributed by atoms with van der Waals surface area (Å²) < 4.78 is 11.5. The third kappa shape index (κ3) is 6.84. The van der Waals surface area contributed by atoms with Gasteiger partial charge in [-0.25, -0.2) is 0 Å². The van der Waals surface area contributed by atoms with Crippen molar-refractivity contribution in [2.75, 3.05) is 6.61 Å². The van der Waals surface area contributed by atoms with E-state index in [1.165, 1.54) is 0 Å². The average Bonchev–Trinajstić information content (AvgIpc) is 2.46. The standard InChI is InChI=1S/C19H26O2/c1-6-17(7-2)14-20-18-9-8-10-19(13-18)21-16(5)12-11-15(3)4/h8-13,17H,3,5-7,14H2,1-2,4H3/b12-11-. The Hall–Kier alpha value is -1.96. The van der Waals surface area contributed by atoms with Crippen LogP contribution in [-0.4, -0.2) is 6.61 Å². The topological polar surface area (TPSA) is 18.5 Å². The lowest BCUT2D eigenvalue weighted by atomic mass is 10.1. The molecule has 0 fully saturated rings. The lowest BCUT2D eigenvalue weighted by Crippen LogP contribution is -2.10. The first kappa shape index (κ1) is 17.1. The highest BCUT2D eigenvalue weighted by Gasteiger charge is 2.05. The smallest absolute Gasteiger partial charge is 0.131 e. The predicted molar refractivity (Wildman–Crippen MR) is 89.7 cm³/mol. The molecule has 0 bridgehead atoms. The largest absolute Gasteiger partial charge is 0.493 e. The second kappa shape index (κ2) is 9.06. The van der Waals surface area contributed by atoms with Crippen LogP contribution < -0.4 is 9.47 Å². The van der Waals surface area contributed by atoms with Gasteiger partial charge in [0.2, 0.25) is 0 Å². The van der Waals surface area contributed by atoms with Gasteiger partial charge in [0.1, 0.15) is 17.3 Å². The van der Waals surface area contributed by atoms with Gasteiger partial charge in [-0.15, -0.1) is 0 Å². The van der Waals surface area contributed by atoms with E-state index in [1.54, 1.807) is 6.08 Å². The lowest BCUT2D eigenvalue weighted by molar-refractivity contribution is 0.240. The molecule has 1 aromatic rings. The van der Waals surface area contributed by atoms with Gasteiger partial charge in [0.15, 0.2) is 0 Å². The van der Waals surface area contributed by atoms with Crippen molar-refractivity contribution < 1.29 is 9.47 Å². The van der Waals surface area contributed by atoms with Crippen LogP contribution in [0, 0.1) is 5.92 Å². The molecule has 1 aromatic carbocycles. The molecule has 0 N–H and O–H groups in total. The molecule has 0 aliphatic carbocycles. The highest BCUT2D eigenvalue weighted by atomic mass is 16.5. The van der Waals surface area contributed by atoms with Gasteiger partial charge >= 0.3 is 0 Å². The molecule has 0 heterocycles. The number of hydrogen-bond donors (Lipinski definition) is 0. The van der Waals surface area contributed by atoms with Crippen LogP contribution in [0.5, 0.6) is 11.5 Å². The Labute approximate surface area is 128 Å². The number of ether oxygens (including phenoxy) is 2. The van der Waals surface area contributed by atoms with Gasteiger partial charge in [-0.1, -0.05) is 57.6 Å². The lowest BCUT2D eigenvalue weighted by Gasteiger charge is -2.14. The van der Waals surface area contributed by atoms with E-state index in [0.717, 1.165) is 36.5 Å². The summed E-state index contributed by atoms with van der Waals surface area (Å²) in [6.45, 7) is 14.7. The molecule has 0 radical (unpaired) electrons. The monoisotopic (exact) mass is 286 g/mol. The maximum atomic E-state index is 5.83. The minimum absolute atomic E-state index is 0.579. The van der Waals surface area contributed by atoms with Crippen LogP contribution in [0.15, 0.2) is 60.9 Å². The van der Waals surface area contributed by atoms with E-state index >= 15 is 0 Å². The van der Waals surface area contributed by atoms with E-state index in [9.17, 15) is 0 Å². The molecule has 0 saturated carbocycles. The first-order chi connectivity index (χ1) is 10.0. The fourth-order valence-corrected chi connectivity index (χ4v) is 1.79. The Bertz CT molecular complexity index is 496. The Kier molecular flexibility index (Phi) is 7.38. The first-order valence-corrected chi connectivity index (χ1v) is 7.48. The van der Waals surface area contributed by atoms with E-state index in [1.807, 2.05) is 37.3 Å². The van der Waals surface area contributed by atoms with Gasteiger partial charge in [0, 0.05) is 6.07 Å². The van der Waals surface area contributed by atoms with E-state index in [-0.39, 0.29) is 0 Å². The minimum atomic E-state index is 0.579. The number of rotatable bonds is 9. The zero-order chi connectivity index (χ0) is 15.7. The molecule has 0 spiro atoms. The van der Waals surface area contributed by atoms with Crippen molar-refractivity contribution in [3.05, 3.63) is 60.9 Å². The molecular weight excluding hydrogens is 260 g/mol. The number of allylic oxidation sites excluding steroid dienone is 3. The van der Waals surface area contributed by atoms with Gasteiger partial charge < -0.3 is 9.47 Å². The second-order valence-electron chi connectivity index (χ2n) is 5.22. The fraction of sp³-hybridized carbons (Fsp3) is 0.368. The molecule has 0 aliphatic heterocycles. The van der Waals surface area contributed by atoms with Crippen molar-refractivity contribution in [2.24, 2.45) is 5.92 Å². The zero-order valence-corrected chi connectivity index (χ0v) is 13.4. The molecule has 0 aliphatic rings. The Morgan fingerprint density at radius 2 is 1.81 bits per heavy atom. The van der Waals surface area contributed by atoms with Gasteiger partial charge in [-0.2, -0.15) is 0 Å². The minimum Gasteiger partial charge on any atom is -0.493 e. The highest BCUT2D eigenvalue weighted by molar-refractivity contribution is 5.35. The third-order valence-corrected chi connectivity index (χ3v) is 3.25. The van der Waals surface area contributed by atoms with Crippen LogP contribution in [0.4, 0.5) is 0 Å².